The first kappa shape index (κ1) is 44.9. The summed E-state index contributed by atoms with van der Waals surface area (Å²) in [6.45, 7) is -1.14. The van der Waals surface area contributed by atoms with Crippen molar-refractivity contribution in [3.63, 3.8) is 0 Å². The number of carboxylic acids is 1. The third-order valence-electron chi connectivity index (χ3n) is 9.79. The van der Waals surface area contributed by atoms with Gasteiger partial charge in [-0.3, -0.25) is 24.1 Å². The fourth-order valence-electron chi connectivity index (χ4n) is 6.83. The number of benzene rings is 3. The highest BCUT2D eigenvalue weighted by Crippen LogP contribution is 2.37. The SMILES string of the molecule is O=C(O)c1ccc(NC(=O)[C@@H]2c3cccc(N4CCN(C[C@H](O)[C@@H](O)[C@H](O)[C@H](O)CO)CC4=O)c3CCN2C(=O)/C=C/c2c(-n3cnnn3)ccc(Cl)c2F)cc1.O=CO. The van der Waals surface area contributed by atoms with Gasteiger partial charge in [0, 0.05) is 49.2 Å². The number of amides is 3. The van der Waals surface area contributed by atoms with E-state index in [9.17, 15) is 44.7 Å². The van der Waals surface area contributed by atoms with E-state index in [0.717, 1.165) is 6.08 Å². The zero-order chi connectivity index (χ0) is 43.7. The number of carboxylic acid groups (broad SMARTS) is 2. The quantitative estimate of drug-likeness (QED) is 0.0634. The number of rotatable bonds is 13. The number of aromatic nitrogens is 4. The lowest BCUT2D eigenvalue weighted by Gasteiger charge is -2.40. The molecular formula is C38H40ClFN8O12. The summed E-state index contributed by atoms with van der Waals surface area (Å²) < 4.78 is 16.5. The van der Waals surface area contributed by atoms with Crippen molar-refractivity contribution in [2.75, 3.05) is 49.5 Å². The zero-order valence-corrected chi connectivity index (χ0v) is 32.2. The van der Waals surface area contributed by atoms with Crippen molar-refractivity contribution in [2.45, 2.75) is 36.9 Å². The van der Waals surface area contributed by atoms with Crippen molar-refractivity contribution >= 4 is 59.2 Å². The lowest BCUT2D eigenvalue weighted by atomic mass is 9.89. The maximum Gasteiger partial charge on any atom is 0.335 e. The first-order valence-electron chi connectivity index (χ1n) is 18.1. The average molecular weight is 855 g/mol. The third kappa shape index (κ3) is 10.1. The molecule has 1 saturated heterocycles. The predicted octanol–water partition coefficient (Wildman–Crippen LogP) is -0.284. The van der Waals surface area contributed by atoms with Crippen molar-refractivity contribution in [1.29, 1.82) is 0 Å². The molecule has 1 aromatic heterocycles. The number of aliphatic hydroxyl groups is 5. The van der Waals surface area contributed by atoms with Gasteiger partial charge < -0.3 is 50.9 Å². The fourth-order valence-corrected chi connectivity index (χ4v) is 7.00. The number of hydrogen-bond acceptors (Lipinski definition) is 14. The Bertz CT molecular complexity index is 2210. The molecule has 0 saturated carbocycles. The van der Waals surface area contributed by atoms with Crippen molar-refractivity contribution in [3.05, 3.63) is 100 Å². The van der Waals surface area contributed by atoms with Crippen LogP contribution in [0.1, 0.15) is 33.1 Å². The van der Waals surface area contributed by atoms with Gasteiger partial charge in [0.15, 0.2) is 5.82 Å². The van der Waals surface area contributed by atoms with E-state index in [1.165, 1.54) is 63.3 Å². The lowest BCUT2D eigenvalue weighted by molar-refractivity contribution is -0.135. The summed E-state index contributed by atoms with van der Waals surface area (Å²) in [7, 11) is 0. The van der Waals surface area contributed by atoms with E-state index in [2.05, 4.69) is 20.8 Å². The standard InChI is InChI=1S/C37H38ClFN8O10.CH2O2/c38-25-9-10-27(47-19-40-42-43-47)24(32(25)39)8-11-30(51)46-13-12-22-23(33(46)36(55)41-21-6-4-20(5-7-21)37(56)57)2-1-3-26(22)45-15-14-44(17-31(45)52)16-28(49)34(53)35(54)29(50)18-48;2-1-3/h1-11,19,28-29,33-35,48-50,53-54H,12-18H2,(H,41,55)(H,56,57);1H,(H,2,3)/b11-8+;/t28-,29+,33-,34+,35+;/m0./s1. The molecule has 318 valence electrons. The fraction of sp³-hybridized carbons (Fsp3) is 0.316. The number of nitrogens with one attached hydrogen (secondary N) is 1. The van der Waals surface area contributed by atoms with Crippen LogP contribution in [0.3, 0.4) is 0 Å². The van der Waals surface area contributed by atoms with Crippen LogP contribution in [-0.4, -0.2) is 160 Å². The Balaban J connectivity index is 0.00000221. The van der Waals surface area contributed by atoms with Crippen molar-refractivity contribution < 1.29 is 64.1 Å². The second kappa shape index (κ2) is 20.2. The van der Waals surface area contributed by atoms with Crippen LogP contribution in [0.4, 0.5) is 15.8 Å². The molecule has 20 nitrogen and oxygen atoms in total. The Hall–Kier alpha value is -6.20. The monoisotopic (exact) mass is 854 g/mol. The molecule has 0 radical (unpaired) electrons. The van der Waals surface area contributed by atoms with Gasteiger partial charge in [-0.05, 0) is 76.5 Å². The maximum atomic E-state index is 15.3. The van der Waals surface area contributed by atoms with E-state index < -0.39 is 60.7 Å². The molecule has 0 unspecified atom stereocenters. The van der Waals surface area contributed by atoms with E-state index in [4.69, 9.17) is 26.6 Å². The maximum absolute atomic E-state index is 15.3. The predicted molar refractivity (Wildman–Crippen MR) is 208 cm³/mol. The van der Waals surface area contributed by atoms with Crippen LogP contribution in [0.2, 0.25) is 5.02 Å². The number of aromatic carboxylic acids is 1. The van der Waals surface area contributed by atoms with Crippen molar-refractivity contribution in [3.8, 4) is 5.69 Å². The van der Waals surface area contributed by atoms with E-state index in [0.29, 0.717) is 16.8 Å². The van der Waals surface area contributed by atoms with Gasteiger partial charge in [-0.2, -0.15) is 4.68 Å². The number of carbonyl (C=O) groups excluding carboxylic acids is 3. The molecular weight excluding hydrogens is 815 g/mol. The van der Waals surface area contributed by atoms with Crippen LogP contribution in [-0.2, 0) is 25.6 Å². The molecule has 22 heteroatoms. The van der Waals surface area contributed by atoms with Gasteiger partial charge in [-0.15, -0.1) is 5.10 Å². The first-order valence-corrected chi connectivity index (χ1v) is 18.5. The summed E-state index contributed by atoms with van der Waals surface area (Å²) in [4.78, 5) is 65.9. The molecule has 3 amide bonds. The summed E-state index contributed by atoms with van der Waals surface area (Å²) in [5.41, 5.74) is 1.82. The lowest BCUT2D eigenvalue weighted by Crippen LogP contribution is -2.55. The molecule has 2 aliphatic rings. The number of halogens is 2. The Morgan fingerprint density at radius 1 is 0.967 bits per heavy atom. The van der Waals surface area contributed by atoms with Crippen LogP contribution in [0.15, 0.2) is 67.0 Å². The molecule has 1 fully saturated rings. The van der Waals surface area contributed by atoms with Crippen LogP contribution in [0.5, 0.6) is 0 Å². The number of β-amino-alcohol motifs (C(OH)–C–C–N with tert-alkyl or cyclic N) is 1. The molecule has 3 aromatic carbocycles. The summed E-state index contributed by atoms with van der Waals surface area (Å²) >= 11 is 6.07. The van der Waals surface area contributed by atoms with E-state index in [1.54, 1.807) is 23.1 Å². The van der Waals surface area contributed by atoms with E-state index in [1.807, 2.05) is 0 Å². The highest BCUT2D eigenvalue weighted by molar-refractivity contribution is 6.31. The Kier molecular flexibility index (Phi) is 15.1. The number of fused-ring (bicyclic) bond motifs is 1. The highest BCUT2D eigenvalue weighted by atomic mass is 35.5. The number of carbonyl (C=O) groups is 5. The molecule has 4 aromatic rings. The second-order valence-corrected chi connectivity index (χ2v) is 13.9. The summed E-state index contributed by atoms with van der Waals surface area (Å²) in [6, 6.07) is 11.9. The molecule has 0 spiro atoms. The topological polar surface area (TPSA) is 292 Å². The average Bonchev–Trinajstić information content (AvgIpc) is 3.78. The number of piperazine rings is 1. The number of hydrogen-bond donors (Lipinski definition) is 8. The van der Waals surface area contributed by atoms with Crippen molar-refractivity contribution in [1.82, 2.24) is 30.0 Å². The van der Waals surface area contributed by atoms with Gasteiger partial charge in [0.25, 0.3) is 12.4 Å². The first-order chi connectivity index (χ1) is 28.7. The minimum absolute atomic E-state index is 0.00887. The molecule has 5 atom stereocenters. The molecule has 60 heavy (non-hydrogen) atoms. The Morgan fingerprint density at radius 2 is 1.67 bits per heavy atom. The van der Waals surface area contributed by atoms with Gasteiger partial charge in [0.05, 0.1) is 35.5 Å². The number of aliphatic hydroxyl groups excluding tert-OH is 5. The highest BCUT2D eigenvalue weighted by Gasteiger charge is 2.39. The molecule has 6 rings (SSSR count). The number of anilines is 2. The van der Waals surface area contributed by atoms with Gasteiger partial charge in [0.2, 0.25) is 11.8 Å². The molecule has 3 heterocycles. The third-order valence-corrected chi connectivity index (χ3v) is 10.1. The summed E-state index contributed by atoms with van der Waals surface area (Å²) in [6.07, 6.45) is -3.10. The minimum Gasteiger partial charge on any atom is -0.483 e. The van der Waals surface area contributed by atoms with Gasteiger partial charge in [0.1, 0.15) is 30.7 Å². The van der Waals surface area contributed by atoms with Crippen molar-refractivity contribution in [2.24, 2.45) is 0 Å². The summed E-state index contributed by atoms with van der Waals surface area (Å²) in [5.74, 6) is -3.70. The molecule has 0 aliphatic carbocycles. The summed E-state index contributed by atoms with van der Waals surface area (Å²) in [5, 5.41) is 79.1. The molecule has 0 bridgehead atoms. The van der Waals surface area contributed by atoms with Gasteiger partial charge >= 0.3 is 5.97 Å². The van der Waals surface area contributed by atoms with Gasteiger partial charge in [-0.25, -0.2) is 9.18 Å². The smallest absolute Gasteiger partial charge is 0.335 e. The Labute approximate surface area is 344 Å². The molecule has 2 aliphatic heterocycles. The normalized spacial score (nSPS) is 17.5. The van der Waals surface area contributed by atoms with Crippen LogP contribution < -0.4 is 10.2 Å². The minimum atomic E-state index is -1.82. The van der Waals surface area contributed by atoms with E-state index >= 15 is 4.39 Å². The number of tetrazole rings is 1. The van der Waals surface area contributed by atoms with Crippen LogP contribution >= 0.6 is 11.6 Å². The van der Waals surface area contributed by atoms with E-state index in [-0.39, 0.29) is 79.0 Å². The number of nitrogens with zero attached hydrogens (tertiary/aromatic N) is 7. The Morgan fingerprint density at radius 3 is 2.30 bits per heavy atom. The van der Waals surface area contributed by atoms with Crippen LogP contribution in [0, 0.1) is 5.82 Å². The second-order valence-electron chi connectivity index (χ2n) is 13.5. The van der Waals surface area contributed by atoms with Crippen LogP contribution in [0.25, 0.3) is 11.8 Å². The zero-order valence-electron chi connectivity index (χ0n) is 31.4. The molecule has 8 N–H and O–H groups in total. The largest absolute Gasteiger partial charge is 0.483 e. The van der Waals surface area contributed by atoms with Gasteiger partial charge in [-0.1, -0.05) is 23.7 Å².